The molecule has 72 valence electrons. The molecule has 0 aromatic rings. The number of hydrogen-bond acceptors (Lipinski definition) is 7. The SMILES string of the molecule is O=CC(O)C(O)COP(=O)([O-])[O-].[Na+].[Na+]. The normalized spacial score (nSPS) is 14.6. The smallest absolute Gasteiger partial charge is 0.790 e. The van der Waals surface area contributed by atoms with Crippen molar-refractivity contribution in [3.05, 3.63) is 0 Å². The van der Waals surface area contributed by atoms with Crippen molar-refractivity contribution in [3.8, 4) is 0 Å². The fourth-order valence-corrected chi connectivity index (χ4v) is 0.692. The second-order valence-corrected chi connectivity index (χ2v) is 3.09. The maximum Gasteiger partial charge on any atom is 1.00 e. The van der Waals surface area contributed by atoms with E-state index < -0.39 is 26.6 Å². The van der Waals surface area contributed by atoms with Crippen molar-refractivity contribution >= 4 is 14.1 Å². The monoisotopic (exact) mass is 244 g/mol. The van der Waals surface area contributed by atoms with Gasteiger partial charge < -0.3 is 33.9 Å². The van der Waals surface area contributed by atoms with Crippen molar-refractivity contribution in [1.82, 2.24) is 0 Å². The molecular weight excluding hydrogens is 237 g/mol. The van der Waals surface area contributed by atoms with E-state index in [-0.39, 0.29) is 65.4 Å². The molecule has 0 saturated carbocycles. The maximum absolute atomic E-state index is 9.82. The molecule has 0 spiro atoms. The summed E-state index contributed by atoms with van der Waals surface area (Å²) in [6.07, 6.45) is -3.47. The van der Waals surface area contributed by atoms with Crippen molar-refractivity contribution in [2.24, 2.45) is 0 Å². The Morgan fingerprint density at radius 3 is 2.07 bits per heavy atom. The van der Waals surface area contributed by atoms with Gasteiger partial charge in [-0.15, -0.1) is 0 Å². The third kappa shape index (κ3) is 11.8. The largest absolute Gasteiger partial charge is 1.00 e. The first kappa shape index (κ1) is 21.0. The van der Waals surface area contributed by atoms with E-state index in [0.717, 1.165) is 0 Å². The molecule has 0 aromatic carbocycles. The van der Waals surface area contributed by atoms with Crippen LogP contribution in [0.25, 0.3) is 0 Å². The van der Waals surface area contributed by atoms with E-state index in [4.69, 9.17) is 10.2 Å². The minimum atomic E-state index is -5.16. The Morgan fingerprint density at radius 2 is 1.79 bits per heavy atom. The number of phosphoric acid groups is 1. The van der Waals surface area contributed by atoms with E-state index in [0.29, 0.717) is 0 Å². The fourth-order valence-electron chi connectivity index (χ4n) is 0.357. The van der Waals surface area contributed by atoms with Crippen LogP contribution in [0.2, 0.25) is 0 Å². The zero-order valence-corrected chi connectivity index (χ0v) is 12.7. The number of hydrogen-bond donors (Lipinski definition) is 2. The first-order valence-electron chi connectivity index (χ1n) is 2.85. The van der Waals surface area contributed by atoms with Crippen LogP contribution in [0.15, 0.2) is 0 Å². The third-order valence-electron chi connectivity index (χ3n) is 0.937. The molecule has 0 fully saturated rings. The molecule has 14 heavy (non-hydrogen) atoms. The number of phosphoric ester groups is 1. The van der Waals surface area contributed by atoms with Crippen molar-refractivity contribution in [1.29, 1.82) is 0 Å². The minimum Gasteiger partial charge on any atom is -0.790 e. The van der Waals surface area contributed by atoms with Crippen LogP contribution in [-0.2, 0) is 13.9 Å². The molecule has 7 nitrogen and oxygen atoms in total. The van der Waals surface area contributed by atoms with Crippen molar-refractivity contribution in [2.75, 3.05) is 6.61 Å². The van der Waals surface area contributed by atoms with Crippen LogP contribution in [-0.4, -0.2) is 35.3 Å². The molecule has 2 N–H and O–H groups in total. The Kier molecular flexibility index (Phi) is 14.9. The number of aliphatic hydroxyl groups is 2. The molecule has 0 aliphatic heterocycles. The first-order chi connectivity index (χ1) is 5.37. The maximum atomic E-state index is 9.82. The molecule has 0 radical (unpaired) electrons. The molecule has 0 amide bonds. The Morgan fingerprint density at radius 1 is 1.36 bits per heavy atom. The topological polar surface area (TPSA) is 130 Å². The van der Waals surface area contributed by atoms with Crippen LogP contribution >= 0.6 is 7.82 Å². The van der Waals surface area contributed by atoms with Gasteiger partial charge in [0.15, 0.2) is 6.29 Å². The minimum absolute atomic E-state index is 0. The Bertz CT molecular complexity index is 194. The van der Waals surface area contributed by atoms with Gasteiger partial charge in [-0.1, -0.05) is 0 Å². The molecule has 0 aliphatic carbocycles. The summed E-state index contributed by atoms with van der Waals surface area (Å²) < 4.78 is 13.4. The number of carbonyl (C=O) groups is 1. The molecule has 2 atom stereocenters. The van der Waals surface area contributed by atoms with Crippen molar-refractivity contribution in [2.45, 2.75) is 12.2 Å². The predicted molar refractivity (Wildman–Crippen MR) is 31.6 cm³/mol. The molecule has 10 heteroatoms. The van der Waals surface area contributed by atoms with E-state index in [1.165, 1.54) is 0 Å². The first-order valence-corrected chi connectivity index (χ1v) is 4.31. The number of carbonyl (C=O) groups excluding carboxylic acids is 1. The standard InChI is InChI=1S/C4H9O7P.2Na/c5-1-3(6)4(7)2-11-12(8,9)10;;/h1,3-4,6-7H,2H2,(H2,8,9,10);;/q;2*+1/p-2. The summed E-state index contributed by atoms with van der Waals surface area (Å²) in [6, 6.07) is 0. The summed E-state index contributed by atoms with van der Waals surface area (Å²) in [5.74, 6) is 0. The summed E-state index contributed by atoms with van der Waals surface area (Å²) in [5, 5.41) is 17.2. The van der Waals surface area contributed by atoms with Gasteiger partial charge in [0.2, 0.25) is 0 Å². The number of aliphatic hydroxyl groups excluding tert-OH is 2. The van der Waals surface area contributed by atoms with Crippen molar-refractivity contribution < 1.29 is 93.0 Å². The van der Waals surface area contributed by atoms with Crippen LogP contribution in [0.1, 0.15) is 0 Å². The molecule has 0 saturated heterocycles. The van der Waals surface area contributed by atoms with Gasteiger partial charge in [-0.3, -0.25) is 0 Å². The summed E-state index contributed by atoms with van der Waals surface area (Å²) in [7, 11) is -5.16. The van der Waals surface area contributed by atoms with E-state index in [1.54, 1.807) is 0 Å². The molecule has 0 aromatic heterocycles. The third-order valence-corrected chi connectivity index (χ3v) is 1.40. The molecule has 0 heterocycles. The van der Waals surface area contributed by atoms with Crippen LogP contribution < -0.4 is 68.9 Å². The fraction of sp³-hybridized carbons (Fsp3) is 0.750. The summed E-state index contributed by atoms with van der Waals surface area (Å²) in [4.78, 5) is 29.4. The average molecular weight is 244 g/mol. The van der Waals surface area contributed by atoms with Gasteiger partial charge in [0, 0.05) is 0 Å². The Labute approximate surface area is 125 Å². The van der Waals surface area contributed by atoms with Gasteiger partial charge in [-0.2, -0.15) is 0 Å². The van der Waals surface area contributed by atoms with Crippen LogP contribution in [0, 0.1) is 0 Å². The van der Waals surface area contributed by atoms with E-state index >= 15 is 0 Å². The summed E-state index contributed by atoms with van der Waals surface area (Å²) >= 11 is 0. The second kappa shape index (κ2) is 9.89. The Hall–Kier alpha value is 1.70. The van der Waals surface area contributed by atoms with Crippen LogP contribution in [0.4, 0.5) is 0 Å². The van der Waals surface area contributed by atoms with E-state index in [1.807, 2.05) is 0 Å². The zero-order chi connectivity index (χ0) is 9.78. The van der Waals surface area contributed by atoms with Gasteiger partial charge in [-0.05, 0) is 0 Å². The van der Waals surface area contributed by atoms with Gasteiger partial charge in [0.25, 0.3) is 0 Å². The predicted octanol–water partition coefficient (Wildman–Crippen LogP) is -9.24. The molecule has 0 bridgehead atoms. The van der Waals surface area contributed by atoms with Gasteiger partial charge >= 0.3 is 59.1 Å². The molecule has 0 rings (SSSR count). The van der Waals surface area contributed by atoms with E-state index in [9.17, 15) is 19.1 Å². The van der Waals surface area contributed by atoms with E-state index in [2.05, 4.69) is 4.52 Å². The Balaban J connectivity index is -0.000000605. The zero-order valence-electron chi connectivity index (χ0n) is 7.82. The quantitative estimate of drug-likeness (QED) is 0.279. The van der Waals surface area contributed by atoms with Crippen LogP contribution in [0.3, 0.4) is 0 Å². The van der Waals surface area contributed by atoms with Gasteiger partial charge in [-0.25, -0.2) is 0 Å². The van der Waals surface area contributed by atoms with Crippen LogP contribution in [0.5, 0.6) is 0 Å². The summed E-state index contributed by atoms with van der Waals surface area (Å²) in [5.41, 5.74) is 0. The number of aldehydes is 1. The average Bonchev–Trinajstić information content (AvgIpc) is 1.97. The molecule has 0 aliphatic rings. The number of rotatable bonds is 5. The van der Waals surface area contributed by atoms with Crippen molar-refractivity contribution in [3.63, 3.8) is 0 Å². The second-order valence-electron chi connectivity index (χ2n) is 1.94. The summed E-state index contributed by atoms with van der Waals surface area (Å²) in [6.45, 7) is -0.926. The molecule has 2 unspecified atom stereocenters. The molecular formula is C4H7Na2O7P. The van der Waals surface area contributed by atoms with Gasteiger partial charge in [0.1, 0.15) is 12.2 Å². The van der Waals surface area contributed by atoms with Gasteiger partial charge in [0.05, 0.1) is 14.4 Å².